The van der Waals surface area contributed by atoms with Gasteiger partial charge < -0.3 is 19.2 Å². The number of fused-ring (bicyclic) bond motifs is 1. The molecule has 3 aromatic rings. The monoisotopic (exact) mass is 408 g/mol. The second-order valence-corrected chi connectivity index (χ2v) is 5.98. The Morgan fingerprint density at radius 2 is 1.97 bits per heavy atom. The van der Waals surface area contributed by atoms with E-state index in [1.54, 1.807) is 29.8 Å². The molecule has 3 aromatic heterocycles. The van der Waals surface area contributed by atoms with Crippen molar-refractivity contribution in [1.82, 2.24) is 14.4 Å². The van der Waals surface area contributed by atoms with Gasteiger partial charge in [0.2, 0.25) is 0 Å². The minimum atomic E-state index is -4.64. The molecule has 10 heteroatoms. The van der Waals surface area contributed by atoms with Gasteiger partial charge >= 0.3 is 6.18 Å². The molecule has 0 radical (unpaired) electrons. The minimum Gasteiger partial charge on any atom is -0.491 e. The molecule has 7 nitrogen and oxygen atoms in total. The van der Waals surface area contributed by atoms with Crippen LogP contribution in [0, 0.1) is 0 Å². The van der Waals surface area contributed by atoms with Crippen LogP contribution in [0.25, 0.3) is 5.65 Å². The molecule has 154 valence electrons. The number of rotatable bonds is 7. The van der Waals surface area contributed by atoms with Crippen molar-refractivity contribution in [1.29, 1.82) is 0 Å². The molecule has 0 aliphatic rings. The Morgan fingerprint density at radius 1 is 1.17 bits per heavy atom. The van der Waals surface area contributed by atoms with Crippen LogP contribution in [0.5, 0.6) is 5.75 Å². The molecule has 0 spiro atoms. The predicted octanol–water partition coefficient (Wildman–Crippen LogP) is 3.94. The lowest BCUT2D eigenvalue weighted by atomic mass is 10.2. The van der Waals surface area contributed by atoms with Gasteiger partial charge in [-0.3, -0.25) is 4.79 Å². The molecule has 0 bridgehead atoms. The summed E-state index contributed by atoms with van der Waals surface area (Å²) in [7, 11) is 0. The van der Waals surface area contributed by atoms with Crippen molar-refractivity contribution in [2.24, 2.45) is 0 Å². The average Bonchev–Trinajstić information content (AvgIpc) is 3.07. The molecule has 0 unspecified atom stereocenters. The SMILES string of the molecule is CCOCc1cn2cc(NC(=O)c3cccc(C(F)(F)F)n3)c(OCC)cc2n1. The lowest BCUT2D eigenvalue weighted by Gasteiger charge is -2.12. The summed E-state index contributed by atoms with van der Waals surface area (Å²) in [6.07, 6.45) is -1.33. The van der Waals surface area contributed by atoms with Crippen molar-refractivity contribution < 1.29 is 27.4 Å². The Kier molecular flexibility index (Phi) is 6.02. The Bertz CT molecular complexity index is 1020. The molecule has 0 aliphatic heterocycles. The van der Waals surface area contributed by atoms with Crippen molar-refractivity contribution in [2.45, 2.75) is 26.6 Å². The first-order chi connectivity index (χ1) is 13.8. The molecule has 3 rings (SSSR count). The van der Waals surface area contributed by atoms with Crippen molar-refractivity contribution in [3.05, 3.63) is 53.7 Å². The van der Waals surface area contributed by atoms with E-state index in [0.29, 0.717) is 36.9 Å². The van der Waals surface area contributed by atoms with E-state index in [-0.39, 0.29) is 11.4 Å². The fourth-order valence-corrected chi connectivity index (χ4v) is 2.62. The van der Waals surface area contributed by atoms with Gasteiger partial charge in [-0.25, -0.2) is 9.97 Å². The first-order valence-corrected chi connectivity index (χ1v) is 8.89. The van der Waals surface area contributed by atoms with Crippen molar-refractivity contribution in [2.75, 3.05) is 18.5 Å². The molecule has 1 N–H and O–H groups in total. The van der Waals surface area contributed by atoms with Crippen LogP contribution in [0.3, 0.4) is 0 Å². The lowest BCUT2D eigenvalue weighted by molar-refractivity contribution is -0.141. The van der Waals surface area contributed by atoms with Crippen LogP contribution in [0.15, 0.2) is 36.7 Å². The smallest absolute Gasteiger partial charge is 0.433 e. The van der Waals surface area contributed by atoms with Crippen molar-refractivity contribution >= 4 is 17.2 Å². The summed E-state index contributed by atoms with van der Waals surface area (Å²) in [6.45, 7) is 4.85. The third kappa shape index (κ3) is 4.83. The van der Waals surface area contributed by atoms with Gasteiger partial charge in [0.1, 0.15) is 28.5 Å². The van der Waals surface area contributed by atoms with Crippen LogP contribution in [0.2, 0.25) is 0 Å². The van der Waals surface area contributed by atoms with E-state index < -0.39 is 17.8 Å². The normalized spacial score (nSPS) is 11.6. The standard InChI is InChI=1S/C19H19F3N4O3/c1-3-28-11-12-9-26-10-14(15(29-4-2)8-17(26)23-12)25-18(27)13-6-5-7-16(24-13)19(20,21)22/h5-10H,3-4,11H2,1-2H3,(H,25,27). The average molecular weight is 408 g/mol. The van der Waals surface area contributed by atoms with Gasteiger partial charge in [-0.05, 0) is 26.0 Å². The molecule has 0 saturated carbocycles. The van der Waals surface area contributed by atoms with Crippen LogP contribution < -0.4 is 10.1 Å². The summed E-state index contributed by atoms with van der Waals surface area (Å²) in [4.78, 5) is 20.3. The highest BCUT2D eigenvalue weighted by atomic mass is 19.4. The zero-order chi connectivity index (χ0) is 21.0. The molecule has 0 aromatic carbocycles. The maximum Gasteiger partial charge on any atom is 0.433 e. The summed E-state index contributed by atoms with van der Waals surface area (Å²) in [6, 6.07) is 4.78. The quantitative estimate of drug-likeness (QED) is 0.641. The lowest BCUT2D eigenvalue weighted by Crippen LogP contribution is -2.17. The van der Waals surface area contributed by atoms with E-state index in [1.807, 2.05) is 6.92 Å². The summed E-state index contributed by atoms with van der Waals surface area (Å²) >= 11 is 0. The number of nitrogens with zero attached hydrogens (tertiary/aromatic N) is 3. The first kappa shape index (κ1) is 20.6. The highest BCUT2D eigenvalue weighted by Gasteiger charge is 2.33. The Balaban J connectivity index is 1.91. The number of hydrogen-bond acceptors (Lipinski definition) is 5. The molecule has 29 heavy (non-hydrogen) atoms. The molecule has 0 saturated heterocycles. The fourth-order valence-electron chi connectivity index (χ4n) is 2.62. The number of carbonyl (C=O) groups is 1. The van der Waals surface area contributed by atoms with E-state index in [9.17, 15) is 18.0 Å². The summed E-state index contributed by atoms with van der Waals surface area (Å²) in [5, 5.41) is 2.56. The highest BCUT2D eigenvalue weighted by Crippen LogP contribution is 2.29. The number of aromatic nitrogens is 3. The molecule has 0 atom stereocenters. The third-order valence-electron chi connectivity index (χ3n) is 3.88. The summed E-state index contributed by atoms with van der Waals surface area (Å²) in [5.74, 6) is -0.444. The molecule has 3 heterocycles. The van der Waals surface area contributed by atoms with Gasteiger partial charge in [-0.15, -0.1) is 0 Å². The second kappa shape index (κ2) is 8.48. The highest BCUT2D eigenvalue weighted by molar-refractivity contribution is 6.03. The molecule has 0 fully saturated rings. The predicted molar refractivity (Wildman–Crippen MR) is 98.9 cm³/mol. The van der Waals surface area contributed by atoms with E-state index in [0.717, 1.165) is 12.1 Å². The van der Waals surface area contributed by atoms with Gasteiger partial charge in [0.25, 0.3) is 5.91 Å². The topological polar surface area (TPSA) is 77.8 Å². The summed E-state index contributed by atoms with van der Waals surface area (Å²) in [5.41, 5.74) is 0.0606. The number of imidazole rings is 1. The van der Waals surface area contributed by atoms with E-state index >= 15 is 0 Å². The maximum absolute atomic E-state index is 12.9. The number of hydrogen-bond donors (Lipinski definition) is 1. The molecular weight excluding hydrogens is 389 g/mol. The van der Waals surface area contributed by atoms with Gasteiger partial charge in [0.05, 0.1) is 18.9 Å². The van der Waals surface area contributed by atoms with Gasteiger partial charge in [-0.2, -0.15) is 13.2 Å². The molecule has 0 aliphatic carbocycles. The molecular formula is C19H19F3N4O3. The van der Waals surface area contributed by atoms with Crippen LogP contribution in [0.1, 0.15) is 35.7 Å². The van der Waals surface area contributed by atoms with Gasteiger partial charge in [0.15, 0.2) is 0 Å². The zero-order valence-corrected chi connectivity index (χ0v) is 15.8. The number of anilines is 1. The van der Waals surface area contributed by atoms with E-state index in [2.05, 4.69) is 15.3 Å². The Hall–Kier alpha value is -3.14. The number of pyridine rings is 2. The number of carbonyl (C=O) groups excluding carboxylic acids is 1. The number of halogens is 3. The Labute approximate surface area is 164 Å². The first-order valence-electron chi connectivity index (χ1n) is 8.89. The largest absolute Gasteiger partial charge is 0.491 e. The fraction of sp³-hybridized carbons (Fsp3) is 0.316. The molecule has 1 amide bonds. The van der Waals surface area contributed by atoms with E-state index in [4.69, 9.17) is 9.47 Å². The van der Waals surface area contributed by atoms with Gasteiger partial charge in [0, 0.05) is 25.1 Å². The number of ether oxygens (including phenoxy) is 2. The van der Waals surface area contributed by atoms with Gasteiger partial charge in [-0.1, -0.05) is 6.07 Å². The minimum absolute atomic E-state index is 0.281. The number of alkyl halides is 3. The zero-order valence-electron chi connectivity index (χ0n) is 15.8. The third-order valence-corrected chi connectivity index (χ3v) is 3.88. The maximum atomic E-state index is 12.9. The van der Waals surface area contributed by atoms with Crippen molar-refractivity contribution in [3.63, 3.8) is 0 Å². The number of nitrogens with one attached hydrogen (secondary N) is 1. The second-order valence-electron chi connectivity index (χ2n) is 5.98. The van der Waals surface area contributed by atoms with Crippen molar-refractivity contribution in [3.8, 4) is 5.75 Å². The van der Waals surface area contributed by atoms with Crippen LogP contribution in [-0.2, 0) is 17.5 Å². The van der Waals surface area contributed by atoms with Crippen LogP contribution in [0.4, 0.5) is 18.9 Å². The summed E-state index contributed by atoms with van der Waals surface area (Å²) < 4.78 is 51.1. The number of amides is 1. The Morgan fingerprint density at radius 3 is 2.66 bits per heavy atom. The van der Waals surface area contributed by atoms with E-state index in [1.165, 1.54) is 6.07 Å². The van der Waals surface area contributed by atoms with Crippen LogP contribution >= 0.6 is 0 Å². The van der Waals surface area contributed by atoms with Crippen LogP contribution in [-0.4, -0.2) is 33.5 Å².